The zero-order valence-electron chi connectivity index (χ0n) is 18.2. The summed E-state index contributed by atoms with van der Waals surface area (Å²) in [4.78, 5) is 40.7. The summed E-state index contributed by atoms with van der Waals surface area (Å²) in [5.74, 6) is -0.722. The number of hydrogen-bond acceptors (Lipinski definition) is 5. The van der Waals surface area contributed by atoms with Gasteiger partial charge in [0.25, 0.3) is 0 Å². The predicted molar refractivity (Wildman–Crippen MR) is 110 cm³/mol. The molecular formula is C21H36N2O5. The topological polar surface area (TPSA) is 76.2 Å². The maximum Gasteiger partial charge on any atom is 0.411 e. The number of hydrogen-bond donors (Lipinski definition) is 0. The van der Waals surface area contributed by atoms with Crippen molar-refractivity contribution in [1.82, 2.24) is 9.80 Å². The first-order chi connectivity index (χ1) is 13.0. The fourth-order valence-electron chi connectivity index (χ4n) is 2.56. The molecule has 1 atom stereocenters. The number of ether oxygens (including phenoxy) is 2. The lowest BCUT2D eigenvalue weighted by molar-refractivity contribution is -0.150. The summed E-state index contributed by atoms with van der Waals surface area (Å²) in [6.45, 7) is 18.6. The first-order valence-electron chi connectivity index (χ1n) is 9.62. The summed E-state index contributed by atoms with van der Waals surface area (Å²) in [5.41, 5.74) is -0.701. The second-order valence-electron chi connectivity index (χ2n) is 7.88. The van der Waals surface area contributed by atoms with E-state index in [9.17, 15) is 14.4 Å². The quantitative estimate of drug-likeness (QED) is 0.395. The smallest absolute Gasteiger partial charge is 0.411 e. The highest BCUT2D eigenvalue weighted by Crippen LogP contribution is 2.19. The van der Waals surface area contributed by atoms with Gasteiger partial charge in [-0.15, -0.1) is 13.2 Å². The number of carbonyl (C=O) groups excluding carboxylic acids is 3. The monoisotopic (exact) mass is 396 g/mol. The Hall–Kier alpha value is -2.31. The minimum absolute atomic E-state index is 0.136. The number of amides is 2. The van der Waals surface area contributed by atoms with Crippen LogP contribution in [0.5, 0.6) is 0 Å². The van der Waals surface area contributed by atoms with Crippen molar-refractivity contribution >= 4 is 18.0 Å². The molecule has 0 unspecified atom stereocenters. The van der Waals surface area contributed by atoms with Crippen LogP contribution in [-0.2, 0) is 19.1 Å². The lowest BCUT2D eigenvalue weighted by Gasteiger charge is -2.35. The maximum absolute atomic E-state index is 13.3. The lowest BCUT2D eigenvalue weighted by Crippen LogP contribution is -2.53. The van der Waals surface area contributed by atoms with Crippen molar-refractivity contribution in [3.05, 3.63) is 25.3 Å². The molecule has 0 aromatic rings. The van der Waals surface area contributed by atoms with E-state index < -0.39 is 23.7 Å². The molecule has 0 N–H and O–H groups in total. The molecular weight excluding hydrogens is 360 g/mol. The summed E-state index contributed by atoms with van der Waals surface area (Å²) in [5, 5.41) is 0. The molecule has 0 rings (SSSR count). The highest BCUT2D eigenvalue weighted by molar-refractivity contribution is 5.88. The summed E-state index contributed by atoms with van der Waals surface area (Å²) in [6, 6.07) is -0.790. The Morgan fingerprint density at radius 3 is 2.07 bits per heavy atom. The molecule has 160 valence electrons. The average Bonchev–Trinajstić information content (AvgIpc) is 2.55. The Morgan fingerprint density at radius 1 is 1.07 bits per heavy atom. The van der Waals surface area contributed by atoms with E-state index in [2.05, 4.69) is 13.2 Å². The number of carbonyl (C=O) groups is 3. The van der Waals surface area contributed by atoms with Gasteiger partial charge >= 0.3 is 12.1 Å². The summed E-state index contributed by atoms with van der Waals surface area (Å²) >= 11 is 0. The van der Waals surface area contributed by atoms with E-state index in [1.165, 1.54) is 15.9 Å². The van der Waals surface area contributed by atoms with Crippen LogP contribution in [0.4, 0.5) is 4.79 Å². The van der Waals surface area contributed by atoms with Gasteiger partial charge in [0.1, 0.15) is 18.2 Å². The van der Waals surface area contributed by atoms with Crippen molar-refractivity contribution in [1.29, 1.82) is 0 Å². The summed E-state index contributed by atoms with van der Waals surface area (Å²) < 4.78 is 10.4. The Labute approximate surface area is 169 Å². The van der Waals surface area contributed by atoms with Crippen molar-refractivity contribution in [2.75, 3.05) is 26.2 Å². The van der Waals surface area contributed by atoms with E-state index >= 15 is 0 Å². The Morgan fingerprint density at radius 2 is 1.64 bits per heavy atom. The molecule has 7 nitrogen and oxygen atoms in total. The van der Waals surface area contributed by atoms with Crippen molar-refractivity contribution < 1.29 is 23.9 Å². The van der Waals surface area contributed by atoms with Crippen LogP contribution in [0.1, 0.15) is 48.0 Å². The lowest BCUT2D eigenvalue weighted by atomic mass is 10.0. The third-order valence-corrected chi connectivity index (χ3v) is 3.60. The van der Waals surface area contributed by atoms with Crippen LogP contribution in [0.15, 0.2) is 25.3 Å². The first kappa shape index (κ1) is 25.7. The molecule has 0 aromatic carbocycles. The van der Waals surface area contributed by atoms with Gasteiger partial charge in [-0.05, 0) is 40.0 Å². The molecule has 0 aliphatic heterocycles. The van der Waals surface area contributed by atoms with Crippen molar-refractivity contribution in [3.8, 4) is 0 Å². The van der Waals surface area contributed by atoms with Gasteiger partial charge in [0.15, 0.2) is 0 Å². The molecule has 0 fully saturated rings. The standard InChI is InChI=1S/C21H36N2O5/c1-9-12-22(15-18(24)27-11-3)19(25)17(14-16(4)5)23(13-10-2)20(26)28-21(6,7)8/h9-10,16-17H,1-2,11-15H2,3-8H3/t17-/m0/s1. The Bertz CT molecular complexity index is 551. The van der Waals surface area contributed by atoms with Gasteiger partial charge in [0.2, 0.25) is 5.91 Å². The molecule has 2 amide bonds. The number of rotatable bonds is 11. The van der Waals surface area contributed by atoms with E-state index in [0.29, 0.717) is 6.42 Å². The molecule has 0 heterocycles. The van der Waals surface area contributed by atoms with Crippen LogP contribution in [0.2, 0.25) is 0 Å². The fraction of sp³-hybridized carbons (Fsp3) is 0.667. The van der Waals surface area contributed by atoms with E-state index in [4.69, 9.17) is 9.47 Å². The summed E-state index contributed by atoms with van der Waals surface area (Å²) in [6.07, 6.45) is 2.91. The minimum Gasteiger partial charge on any atom is -0.465 e. The largest absolute Gasteiger partial charge is 0.465 e. The molecule has 7 heteroatoms. The normalized spacial score (nSPS) is 12.1. The van der Waals surface area contributed by atoms with Crippen molar-refractivity contribution in [2.24, 2.45) is 5.92 Å². The SMILES string of the molecule is C=CCN(CC(=O)OCC)C(=O)[C@H](CC(C)C)N(CC=C)C(=O)OC(C)(C)C. The third-order valence-electron chi connectivity index (χ3n) is 3.60. The predicted octanol–water partition coefficient (Wildman–Crippen LogP) is 3.40. The van der Waals surface area contributed by atoms with Gasteiger partial charge in [-0.3, -0.25) is 14.5 Å². The Balaban J connectivity index is 5.79. The van der Waals surface area contributed by atoms with E-state index in [1.807, 2.05) is 13.8 Å². The fourth-order valence-corrected chi connectivity index (χ4v) is 2.56. The van der Waals surface area contributed by atoms with Crippen molar-refractivity contribution in [2.45, 2.75) is 59.6 Å². The van der Waals surface area contributed by atoms with Crippen LogP contribution < -0.4 is 0 Å². The summed E-state index contributed by atoms with van der Waals surface area (Å²) in [7, 11) is 0. The minimum atomic E-state index is -0.790. The highest BCUT2D eigenvalue weighted by atomic mass is 16.6. The van der Waals surface area contributed by atoms with E-state index in [-0.39, 0.29) is 38.1 Å². The van der Waals surface area contributed by atoms with Gasteiger partial charge in [0, 0.05) is 13.1 Å². The number of esters is 1. The molecule has 0 aliphatic carbocycles. The van der Waals surface area contributed by atoms with Crippen LogP contribution in [0.3, 0.4) is 0 Å². The van der Waals surface area contributed by atoms with Crippen LogP contribution in [0, 0.1) is 5.92 Å². The zero-order valence-corrected chi connectivity index (χ0v) is 18.2. The van der Waals surface area contributed by atoms with Gasteiger partial charge in [-0.1, -0.05) is 26.0 Å². The molecule has 0 saturated carbocycles. The molecule has 0 aromatic heterocycles. The molecule has 0 spiro atoms. The number of nitrogens with zero attached hydrogens (tertiary/aromatic N) is 2. The van der Waals surface area contributed by atoms with Crippen LogP contribution in [0.25, 0.3) is 0 Å². The molecule has 0 aliphatic rings. The molecule has 28 heavy (non-hydrogen) atoms. The van der Waals surface area contributed by atoms with Crippen molar-refractivity contribution in [3.63, 3.8) is 0 Å². The second kappa shape index (κ2) is 12.2. The molecule has 0 radical (unpaired) electrons. The zero-order chi connectivity index (χ0) is 21.9. The van der Waals surface area contributed by atoms with Gasteiger partial charge in [-0.25, -0.2) is 4.79 Å². The Kier molecular flexibility index (Phi) is 11.2. The first-order valence-corrected chi connectivity index (χ1v) is 9.62. The van der Waals surface area contributed by atoms with Crippen LogP contribution >= 0.6 is 0 Å². The molecule has 0 bridgehead atoms. The maximum atomic E-state index is 13.3. The van der Waals surface area contributed by atoms with Gasteiger partial charge in [-0.2, -0.15) is 0 Å². The van der Waals surface area contributed by atoms with Gasteiger partial charge < -0.3 is 14.4 Å². The third kappa shape index (κ3) is 9.58. The van der Waals surface area contributed by atoms with Gasteiger partial charge in [0.05, 0.1) is 6.61 Å². The highest BCUT2D eigenvalue weighted by Gasteiger charge is 2.35. The van der Waals surface area contributed by atoms with E-state index in [1.54, 1.807) is 33.8 Å². The second-order valence-corrected chi connectivity index (χ2v) is 7.88. The molecule has 0 saturated heterocycles. The van der Waals surface area contributed by atoms with Crippen LogP contribution in [-0.4, -0.2) is 65.7 Å². The average molecular weight is 397 g/mol. The van der Waals surface area contributed by atoms with E-state index in [0.717, 1.165) is 0 Å².